The SMILES string of the molecule is CC(C)(C)c1ccnc(N2c3[c-]c(Oc4[c-]c(-n5[c](=[Pt])n(-c6c(-c7ccccc7)cccc6-c6ccccc6)c6ccccc65)ccc4)ccc3C3(c4ccccc42)c2ccccc2N(c2ccccc2)c2ccccc23)c1. The summed E-state index contributed by atoms with van der Waals surface area (Å²) >= 11 is 2.49. The van der Waals surface area contributed by atoms with Gasteiger partial charge in [0.2, 0.25) is 0 Å². The summed E-state index contributed by atoms with van der Waals surface area (Å²) in [5.74, 6) is 1.93. The summed E-state index contributed by atoms with van der Waals surface area (Å²) in [5.41, 5.74) is 18.7. The van der Waals surface area contributed by atoms with Crippen LogP contribution in [0.1, 0.15) is 48.6 Å². The Kier molecular flexibility index (Phi) is 11.5. The van der Waals surface area contributed by atoms with E-state index in [-0.39, 0.29) is 5.41 Å². The van der Waals surface area contributed by atoms with Gasteiger partial charge in [-0.1, -0.05) is 93.6 Å². The summed E-state index contributed by atoms with van der Waals surface area (Å²) in [5, 5.41) is 0. The van der Waals surface area contributed by atoms with Gasteiger partial charge in [-0.3, -0.25) is 0 Å². The van der Waals surface area contributed by atoms with Crippen molar-refractivity contribution in [2.75, 3.05) is 9.80 Å². The third kappa shape index (κ3) is 7.57. The zero-order chi connectivity index (χ0) is 52.5. The molecule has 2 aromatic heterocycles. The number of rotatable bonds is 8. The van der Waals surface area contributed by atoms with Crippen LogP contribution in [0, 0.1) is 15.9 Å². The predicted molar refractivity (Wildman–Crippen MR) is 312 cm³/mol. The Balaban J connectivity index is 0.951. The van der Waals surface area contributed by atoms with Gasteiger partial charge in [-0.15, -0.1) is 0 Å². The molecule has 0 N–H and O–H groups in total. The Hall–Kier alpha value is -9.09. The maximum atomic E-state index is 7.05. The molecule has 0 saturated carbocycles. The first kappa shape index (κ1) is 47.4. The number of ether oxygens (including phenoxy) is 1. The normalized spacial score (nSPS) is 13.2. The fraction of sp³-hybridized carbons (Fsp3) is 0.0704. The Labute approximate surface area is 465 Å². The number of anilines is 6. The quantitative estimate of drug-likeness (QED) is 0.142. The maximum absolute atomic E-state index is 7.05. The summed E-state index contributed by atoms with van der Waals surface area (Å²) in [6.45, 7) is 6.75. The first-order valence-corrected chi connectivity index (χ1v) is 27.5. The number of fused-ring (bicyclic) bond motifs is 9. The molecule has 378 valence electrons. The van der Waals surface area contributed by atoms with E-state index in [1.807, 2.05) is 12.3 Å². The minimum Gasteiger partial charge on any atom is -0.310 e. The van der Waals surface area contributed by atoms with Crippen molar-refractivity contribution in [2.45, 2.75) is 31.6 Å². The van der Waals surface area contributed by atoms with Gasteiger partial charge in [-0.05, 0) is 41.3 Å². The van der Waals surface area contributed by atoms with Crippen molar-refractivity contribution < 1.29 is 24.1 Å². The molecule has 4 heterocycles. The molecular formula is C71H51N5OPt-2. The first-order valence-electron chi connectivity index (χ1n) is 26.4. The van der Waals surface area contributed by atoms with E-state index in [4.69, 9.17) is 9.72 Å². The number of benzene rings is 10. The van der Waals surface area contributed by atoms with Crippen molar-refractivity contribution in [2.24, 2.45) is 0 Å². The average Bonchev–Trinajstić information content (AvgIpc) is 1.65. The van der Waals surface area contributed by atoms with Gasteiger partial charge in [0.05, 0.1) is 0 Å². The zero-order valence-corrected chi connectivity index (χ0v) is 45.5. The van der Waals surface area contributed by atoms with Crippen LogP contribution in [0.25, 0.3) is 44.7 Å². The van der Waals surface area contributed by atoms with E-state index < -0.39 is 5.41 Å². The third-order valence-corrected chi connectivity index (χ3v) is 16.4. The molecule has 0 bridgehead atoms. The van der Waals surface area contributed by atoms with Crippen LogP contribution in [-0.4, -0.2) is 14.1 Å². The summed E-state index contributed by atoms with van der Waals surface area (Å²) in [6.07, 6.45) is 1.94. The summed E-state index contributed by atoms with van der Waals surface area (Å²) in [6, 6.07) is 96.4. The third-order valence-electron chi connectivity index (χ3n) is 15.4. The van der Waals surface area contributed by atoms with Crippen molar-refractivity contribution in [1.82, 2.24) is 14.1 Å². The monoisotopic (exact) mass is 1180 g/mol. The predicted octanol–water partition coefficient (Wildman–Crippen LogP) is 17.9. The van der Waals surface area contributed by atoms with Gasteiger partial charge in [0.15, 0.2) is 0 Å². The number of hydrogen-bond donors (Lipinski definition) is 0. The molecular weight excluding hydrogens is 1130 g/mol. The van der Waals surface area contributed by atoms with Crippen LogP contribution in [0.2, 0.25) is 0 Å². The zero-order valence-electron chi connectivity index (χ0n) is 43.2. The molecule has 0 fully saturated rings. The number of hydrogen-bond acceptors (Lipinski definition) is 4. The number of para-hydroxylation sites is 7. The molecule has 12 aromatic rings. The Morgan fingerprint density at radius 3 is 1.58 bits per heavy atom. The first-order chi connectivity index (χ1) is 38.3. The molecule has 6 nitrogen and oxygen atoms in total. The minimum atomic E-state index is -0.759. The molecule has 0 amide bonds. The second-order valence-corrected chi connectivity index (χ2v) is 21.9. The van der Waals surface area contributed by atoms with Crippen LogP contribution in [0.4, 0.5) is 34.3 Å². The molecule has 2 aliphatic rings. The van der Waals surface area contributed by atoms with Crippen molar-refractivity contribution >= 4 is 45.3 Å². The topological polar surface area (TPSA) is 38.5 Å². The number of aromatic nitrogens is 3. The van der Waals surface area contributed by atoms with Crippen LogP contribution in [0.3, 0.4) is 0 Å². The molecule has 0 radical (unpaired) electrons. The number of nitrogens with zero attached hydrogens (tertiary/aromatic N) is 5. The van der Waals surface area contributed by atoms with Crippen LogP contribution in [-0.2, 0) is 30.2 Å². The van der Waals surface area contributed by atoms with Crippen LogP contribution >= 0.6 is 0 Å². The molecule has 78 heavy (non-hydrogen) atoms. The van der Waals surface area contributed by atoms with Crippen molar-refractivity contribution in [3.8, 4) is 45.1 Å². The average molecular weight is 1190 g/mol. The van der Waals surface area contributed by atoms with E-state index in [1.54, 1.807) is 0 Å². The van der Waals surface area contributed by atoms with Gasteiger partial charge in [0.25, 0.3) is 0 Å². The van der Waals surface area contributed by atoms with Gasteiger partial charge < -0.3 is 4.90 Å². The van der Waals surface area contributed by atoms with Crippen LogP contribution in [0.15, 0.2) is 255 Å². The van der Waals surface area contributed by atoms with E-state index >= 15 is 0 Å². The molecule has 1 spiro atoms. The number of pyridine rings is 1. The summed E-state index contributed by atoms with van der Waals surface area (Å²) < 4.78 is 12.7. The van der Waals surface area contributed by atoms with E-state index in [1.165, 1.54) is 16.7 Å². The molecule has 2 aliphatic heterocycles. The molecule has 0 atom stereocenters. The molecule has 10 aromatic carbocycles. The smallest absolute Gasteiger partial charge is 0.310 e. The second kappa shape index (κ2) is 18.9. The Morgan fingerprint density at radius 1 is 0.462 bits per heavy atom. The van der Waals surface area contributed by atoms with Crippen molar-refractivity contribution in [1.29, 1.82) is 0 Å². The van der Waals surface area contributed by atoms with Gasteiger partial charge in [0.1, 0.15) is 0 Å². The molecule has 0 saturated heterocycles. The van der Waals surface area contributed by atoms with E-state index in [0.717, 1.165) is 93.8 Å². The number of imidazole rings is 1. The second-order valence-electron chi connectivity index (χ2n) is 20.9. The van der Waals surface area contributed by atoms with Crippen molar-refractivity contribution in [3.05, 3.63) is 299 Å². The summed E-state index contributed by atoms with van der Waals surface area (Å²) in [4.78, 5) is 9.85. The Bertz CT molecular complexity index is 4220. The van der Waals surface area contributed by atoms with Crippen LogP contribution < -0.4 is 14.5 Å². The van der Waals surface area contributed by atoms with Gasteiger partial charge in [0, 0.05) is 23.3 Å². The standard InChI is InChI=1S/C71H51N5O.Pt/c1-70(2,3)51-43-44-72-68(45-51)76-64-38-18-15-35-60(64)71(58-33-13-16-36-62(58)75(52-27-11-6-12-28-52)63-37-17-14-34-59(63)71)61-42-41-55(47-67(61)76)77-54-30-21-29-53(46-54)73-48-74(66-40-20-19-39-65(66)73)69-56(49-23-7-4-8-24-49)31-22-32-57(69)50-25-9-5-10-26-50;/h4-45H,1-3H3;/q-2;. The molecule has 0 unspecified atom stereocenters. The van der Waals surface area contributed by atoms with E-state index in [9.17, 15) is 0 Å². The Morgan fingerprint density at radius 2 is 0.974 bits per heavy atom. The van der Waals surface area contributed by atoms with Gasteiger partial charge in [-0.2, -0.15) is 0 Å². The van der Waals surface area contributed by atoms with Crippen molar-refractivity contribution in [3.63, 3.8) is 0 Å². The fourth-order valence-corrected chi connectivity index (χ4v) is 13.0. The summed E-state index contributed by atoms with van der Waals surface area (Å²) in [7, 11) is 0. The molecule has 0 aliphatic carbocycles. The van der Waals surface area contributed by atoms with E-state index in [2.05, 4.69) is 314 Å². The van der Waals surface area contributed by atoms with Gasteiger partial charge in [-0.25, -0.2) is 0 Å². The fourth-order valence-electron chi connectivity index (χ4n) is 12.0. The van der Waals surface area contributed by atoms with Gasteiger partial charge >= 0.3 is 306 Å². The van der Waals surface area contributed by atoms with E-state index in [0.29, 0.717) is 11.5 Å². The minimum absolute atomic E-state index is 0.119. The molecule has 14 rings (SSSR count). The molecule has 7 heteroatoms. The van der Waals surface area contributed by atoms with Crippen LogP contribution in [0.5, 0.6) is 11.5 Å².